The van der Waals surface area contributed by atoms with Crippen LogP contribution in [-0.2, 0) is 0 Å². The van der Waals surface area contributed by atoms with E-state index in [9.17, 15) is 9.59 Å². The fourth-order valence-corrected chi connectivity index (χ4v) is 4.69. The highest BCUT2D eigenvalue weighted by molar-refractivity contribution is 9.10. The number of aromatic amines is 2. The van der Waals surface area contributed by atoms with Gasteiger partial charge in [0, 0.05) is 43.8 Å². The molecule has 2 N–H and O–H groups in total. The maximum absolute atomic E-state index is 13.6. The minimum atomic E-state index is -0.158. The number of hydrogen-bond acceptors (Lipinski definition) is 2. The Kier molecular flexibility index (Phi) is 3.88. The Labute approximate surface area is 186 Å². The summed E-state index contributed by atoms with van der Waals surface area (Å²) in [6, 6.07) is 22.8. The quantitative estimate of drug-likeness (QED) is 0.311. The Balaban J connectivity index is 1.71. The molecule has 0 radical (unpaired) electrons. The van der Waals surface area contributed by atoms with Crippen LogP contribution in [0, 0.1) is 0 Å². The van der Waals surface area contributed by atoms with Gasteiger partial charge >= 0.3 is 0 Å². The van der Waals surface area contributed by atoms with Crippen LogP contribution in [-0.4, -0.2) is 21.5 Å². The molecule has 0 saturated heterocycles. The second kappa shape index (κ2) is 6.65. The molecule has 0 atom stereocenters. The van der Waals surface area contributed by atoms with E-state index in [4.69, 9.17) is 0 Å². The lowest BCUT2D eigenvalue weighted by atomic mass is 9.84. The normalized spacial score (nSPS) is 12.8. The van der Waals surface area contributed by atoms with Crippen LogP contribution in [0.15, 0.2) is 83.5 Å². The first-order valence-corrected chi connectivity index (χ1v) is 10.7. The van der Waals surface area contributed by atoms with Crippen molar-refractivity contribution in [3.05, 3.63) is 106 Å². The largest absolute Gasteiger partial charge is 0.361 e. The topological polar surface area (TPSA) is 65.7 Å². The maximum atomic E-state index is 13.6. The lowest BCUT2D eigenvalue weighted by molar-refractivity contribution is 0.0977. The zero-order valence-electron chi connectivity index (χ0n) is 16.2. The van der Waals surface area contributed by atoms with Crippen LogP contribution in [0.5, 0.6) is 0 Å². The fourth-order valence-electron chi connectivity index (χ4n) is 4.43. The molecule has 1 aliphatic carbocycles. The Bertz CT molecular complexity index is 1520. The molecule has 6 rings (SSSR count). The number of ketones is 2. The van der Waals surface area contributed by atoms with Crippen molar-refractivity contribution in [3.63, 3.8) is 0 Å². The number of carbonyl (C=O) groups excluding carboxylic acids is 2. The molecule has 0 amide bonds. The van der Waals surface area contributed by atoms with Gasteiger partial charge in [0.05, 0.1) is 17.0 Å². The Morgan fingerprint density at radius 1 is 0.645 bits per heavy atom. The number of fused-ring (bicyclic) bond motifs is 3. The number of halogens is 1. The summed E-state index contributed by atoms with van der Waals surface area (Å²) in [5.41, 5.74) is 5.96. The zero-order chi connectivity index (χ0) is 21.1. The third-order valence-corrected chi connectivity index (χ3v) is 6.39. The summed E-state index contributed by atoms with van der Waals surface area (Å²) in [4.78, 5) is 33.6. The van der Waals surface area contributed by atoms with Crippen molar-refractivity contribution < 1.29 is 9.59 Å². The molecule has 0 unspecified atom stereocenters. The van der Waals surface area contributed by atoms with Gasteiger partial charge in [0.25, 0.3) is 0 Å². The van der Waals surface area contributed by atoms with Gasteiger partial charge in [-0.05, 0) is 23.8 Å². The minimum absolute atomic E-state index is 0.134. The Morgan fingerprint density at radius 3 is 2.10 bits per heavy atom. The van der Waals surface area contributed by atoms with E-state index >= 15 is 0 Å². The van der Waals surface area contributed by atoms with E-state index < -0.39 is 0 Å². The van der Waals surface area contributed by atoms with E-state index in [1.807, 2.05) is 54.7 Å². The highest BCUT2D eigenvalue weighted by atomic mass is 79.9. The third kappa shape index (κ3) is 2.60. The van der Waals surface area contributed by atoms with Crippen molar-refractivity contribution in [1.82, 2.24) is 9.97 Å². The van der Waals surface area contributed by atoms with Crippen LogP contribution in [0.25, 0.3) is 33.3 Å². The molecule has 1 aliphatic rings. The van der Waals surface area contributed by atoms with E-state index in [0.717, 1.165) is 37.8 Å². The Hall–Kier alpha value is -3.70. The predicted octanol–water partition coefficient (Wildman–Crippen LogP) is 6.37. The third-order valence-electron chi connectivity index (χ3n) is 5.86. The van der Waals surface area contributed by atoms with E-state index in [2.05, 4.69) is 25.9 Å². The fraction of sp³-hybridized carbons (Fsp3) is 0. The van der Waals surface area contributed by atoms with Crippen molar-refractivity contribution in [2.24, 2.45) is 0 Å². The molecule has 2 heterocycles. The molecule has 0 aliphatic heterocycles. The molecule has 0 bridgehead atoms. The second-order valence-corrected chi connectivity index (χ2v) is 8.50. The summed E-state index contributed by atoms with van der Waals surface area (Å²) in [5.74, 6) is -0.292. The number of hydrogen-bond donors (Lipinski definition) is 2. The summed E-state index contributed by atoms with van der Waals surface area (Å²) in [6.07, 6.45) is 1.91. The van der Waals surface area contributed by atoms with Crippen molar-refractivity contribution in [2.45, 2.75) is 0 Å². The number of aromatic nitrogens is 2. The van der Waals surface area contributed by atoms with Gasteiger partial charge in [-0.15, -0.1) is 0 Å². The van der Waals surface area contributed by atoms with Gasteiger partial charge in [0.1, 0.15) is 0 Å². The average Bonchev–Trinajstić information content (AvgIpc) is 3.40. The first-order chi connectivity index (χ1) is 15.1. The van der Waals surface area contributed by atoms with Gasteiger partial charge < -0.3 is 9.97 Å². The summed E-state index contributed by atoms with van der Waals surface area (Å²) in [7, 11) is 0. The van der Waals surface area contributed by atoms with Crippen LogP contribution >= 0.6 is 15.9 Å². The van der Waals surface area contributed by atoms with E-state index in [0.29, 0.717) is 22.4 Å². The van der Waals surface area contributed by atoms with Crippen molar-refractivity contribution >= 4 is 38.4 Å². The molecule has 5 aromatic rings. The van der Waals surface area contributed by atoms with Gasteiger partial charge in [0.2, 0.25) is 5.78 Å². The number of para-hydroxylation sites is 1. The summed E-state index contributed by atoms with van der Waals surface area (Å²) in [5, 5.41) is 1.00. The first kappa shape index (κ1) is 18.1. The Morgan fingerprint density at radius 2 is 1.32 bits per heavy atom. The highest BCUT2D eigenvalue weighted by Gasteiger charge is 2.36. The molecule has 4 nitrogen and oxygen atoms in total. The van der Waals surface area contributed by atoms with Gasteiger partial charge in [0.15, 0.2) is 5.78 Å². The van der Waals surface area contributed by atoms with Gasteiger partial charge in [-0.2, -0.15) is 0 Å². The molecule has 0 saturated carbocycles. The molecule has 0 spiro atoms. The lowest BCUT2D eigenvalue weighted by Gasteiger charge is -2.15. The van der Waals surface area contributed by atoms with Crippen LogP contribution in [0.2, 0.25) is 0 Å². The smallest absolute Gasteiger partial charge is 0.210 e. The van der Waals surface area contributed by atoms with Gasteiger partial charge in [-0.3, -0.25) is 9.59 Å². The molecule has 0 fully saturated rings. The highest BCUT2D eigenvalue weighted by Crippen LogP contribution is 2.43. The summed E-state index contributed by atoms with van der Waals surface area (Å²) >= 11 is 3.48. The molecular formula is C26H15BrN2O2. The number of nitrogens with one attached hydrogen (secondary N) is 2. The second-order valence-electron chi connectivity index (χ2n) is 7.58. The number of rotatable bonds is 2. The van der Waals surface area contributed by atoms with Crippen LogP contribution < -0.4 is 0 Å². The van der Waals surface area contributed by atoms with Crippen LogP contribution in [0.1, 0.15) is 32.0 Å². The van der Waals surface area contributed by atoms with Crippen molar-refractivity contribution in [1.29, 1.82) is 0 Å². The minimum Gasteiger partial charge on any atom is -0.361 e. The summed E-state index contributed by atoms with van der Waals surface area (Å²) in [6.45, 7) is 0. The van der Waals surface area contributed by atoms with Crippen molar-refractivity contribution in [3.8, 4) is 22.4 Å². The molecule has 5 heteroatoms. The average molecular weight is 467 g/mol. The van der Waals surface area contributed by atoms with Crippen LogP contribution in [0.4, 0.5) is 0 Å². The SMILES string of the molecule is O=C1c2ccccc2C(=O)c2c1[nH]c(-c1ccc(Br)cc1)c2-c1c[nH]c2ccccc12. The van der Waals surface area contributed by atoms with E-state index in [1.165, 1.54) is 0 Å². The standard InChI is InChI=1S/C26H15BrN2O2/c27-15-11-9-14(10-12-15)23-21(19-13-28-20-8-4-3-5-16(19)20)22-24(29-23)26(31)18-7-2-1-6-17(18)25(22)30/h1-13,28-29H. The molecule has 2 aromatic heterocycles. The van der Waals surface area contributed by atoms with Gasteiger partial charge in [-0.25, -0.2) is 0 Å². The molecule has 31 heavy (non-hydrogen) atoms. The molecule has 3 aromatic carbocycles. The van der Waals surface area contributed by atoms with Crippen LogP contribution in [0.3, 0.4) is 0 Å². The predicted molar refractivity (Wildman–Crippen MR) is 125 cm³/mol. The van der Waals surface area contributed by atoms with Crippen molar-refractivity contribution in [2.75, 3.05) is 0 Å². The number of H-pyrrole nitrogens is 2. The van der Waals surface area contributed by atoms with Gasteiger partial charge in [-0.1, -0.05) is 70.5 Å². The lowest BCUT2D eigenvalue weighted by Crippen LogP contribution is -2.20. The summed E-state index contributed by atoms with van der Waals surface area (Å²) < 4.78 is 0.959. The maximum Gasteiger partial charge on any atom is 0.210 e. The van der Waals surface area contributed by atoms with E-state index in [1.54, 1.807) is 24.3 Å². The first-order valence-electron chi connectivity index (χ1n) is 9.90. The number of carbonyl (C=O) groups is 2. The molecule has 148 valence electrons. The monoisotopic (exact) mass is 466 g/mol. The van der Waals surface area contributed by atoms with E-state index in [-0.39, 0.29) is 11.6 Å². The number of benzene rings is 3. The molecular weight excluding hydrogens is 452 g/mol. The zero-order valence-corrected chi connectivity index (χ0v) is 17.8.